The van der Waals surface area contributed by atoms with E-state index in [0.717, 1.165) is 6.08 Å². The molecule has 2 N–H and O–H groups in total. The monoisotopic (exact) mass is 334 g/mol. The van der Waals surface area contributed by atoms with Crippen LogP contribution in [0.3, 0.4) is 0 Å². The van der Waals surface area contributed by atoms with Crippen LogP contribution in [0.5, 0.6) is 11.5 Å². The number of hydrogen-bond donors (Lipinski definition) is 2. The molecule has 1 aliphatic carbocycles. The number of phenols is 2. The van der Waals surface area contributed by atoms with E-state index in [9.17, 15) is 19.8 Å². The Morgan fingerprint density at radius 2 is 1.88 bits per heavy atom. The predicted octanol–water partition coefficient (Wildman–Crippen LogP) is 1.83. The van der Waals surface area contributed by atoms with Gasteiger partial charge >= 0.3 is 0 Å². The lowest BCUT2D eigenvalue weighted by molar-refractivity contribution is -0.235. The fraction of sp³-hybridized carbons (Fsp3) is 0.412. The number of phenolic OH excluding ortho intramolecular Hbond substituents is 2. The molecule has 1 atom stereocenters. The second-order valence-corrected chi connectivity index (χ2v) is 5.84. The van der Waals surface area contributed by atoms with E-state index in [0.29, 0.717) is 17.7 Å². The van der Waals surface area contributed by atoms with Crippen molar-refractivity contribution >= 4 is 11.6 Å². The molecule has 128 valence electrons. The Morgan fingerprint density at radius 1 is 1.21 bits per heavy atom. The number of allylic oxidation sites excluding steroid dienone is 2. The first-order valence-electron chi connectivity index (χ1n) is 7.55. The van der Waals surface area contributed by atoms with Crippen molar-refractivity contribution in [1.82, 2.24) is 0 Å². The van der Waals surface area contributed by atoms with Crippen molar-refractivity contribution in [3.05, 3.63) is 34.1 Å². The van der Waals surface area contributed by atoms with Gasteiger partial charge in [-0.05, 0) is 13.8 Å². The van der Waals surface area contributed by atoms with E-state index in [1.807, 2.05) is 6.92 Å². The number of rotatable bonds is 3. The molecule has 24 heavy (non-hydrogen) atoms. The summed E-state index contributed by atoms with van der Waals surface area (Å²) in [6.07, 6.45) is 1.14. The highest BCUT2D eigenvalue weighted by atomic mass is 16.7. The van der Waals surface area contributed by atoms with E-state index >= 15 is 0 Å². The number of fused-ring (bicyclic) bond motifs is 2. The fourth-order valence-corrected chi connectivity index (χ4v) is 3.16. The summed E-state index contributed by atoms with van der Waals surface area (Å²) in [4.78, 5) is 24.7. The topological polar surface area (TPSA) is 102 Å². The van der Waals surface area contributed by atoms with E-state index in [1.165, 1.54) is 7.11 Å². The van der Waals surface area contributed by atoms with E-state index in [-0.39, 0.29) is 41.4 Å². The van der Waals surface area contributed by atoms with Crippen molar-refractivity contribution in [2.24, 2.45) is 0 Å². The summed E-state index contributed by atoms with van der Waals surface area (Å²) in [7, 11) is 1.26. The average Bonchev–Trinajstić information content (AvgIpc) is 2.54. The van der Waals surface area contributed by atoms with Gasteiger partial charge in [-0.15, -0.1) is 0 Å². The van der Waals surface area contributed by atoms with E-state index in [1.54, 1.807) is 6.92 Å². The zero-order valence-electron chi connectivity index (χ0n) is 13.6. The molecular formula is C17H18O7. The Hall–Kier alpha value is -2.38. The van der Waals surface area contributed by atoms with Crippen LogP contribution in [0, 0.1) is 0 Å². The third kappa shape index (κ3) is 2.28. The summed E-state index contributed by atoms with van der Waals surface area (Å²) in [5, 5.41) is 21.1. The highest BCUT2D eigenvalue weighted by molar-refractivity contribution is 6.26. The molecule has 0 saturated heterocycles. The van der Waals surface area contributed by atoms with Gasteiger partial charge in [-0.2, -0.15) is 0 Å². The van der Waals surface area contributed by atoms with E-state index < -0.39 is 17.4 Å². The van der Waals surface area contributed by atoms with Crippen LogP contribution in [-0.4, -0.2) is 41.3 Å². The predicted molar refractivity (Wildman–Crippen MR) is 82.0 cm³/mol. The van der Waals surface area contributed by atoms with Gasteiger partial charge in [0.05, 0.1) is 24.8 Å². The Labute approximate surface area is 138 Å². The molecule has 1 aromatic carbocycles. The smallest absolute Gasteiger partial charge is 0.232 e. The number of hydrogen-bond acceptors (Lipinski definition) is 7. The maximum Gasteiger partial charge on any atom is 0.232 e. The fourth-order valence-electron chi connectivity index (χ4n) is 3.16. The maximum absolute atomic E-state index is 12.5. The van der Waals surface area contributed by atoms with Crippen molar-refractivity contribution in [3.63, 3.8) is 0 Å². The molecule has 7 nitrogen and oxygen atoms in total. The molecular weight excluding hydrogens is 316 g/mol. The summed E-state index contributed by atoms with van der Waals surface area (Å²) in [5.74, 6) is -3.10. The largest absolute Gasteiger partial charge is 0.507 e. The number of carbonyl (C=O) groups is 2. The lowest BCUT2D eigenvalue weighted by atomic mass is 9.84. The summed E-state index contributed by atoms with van der Waals surface area (Å²) in [5.41, 5.74) is 0.169. The van der Waals surface area contributed by atoms with E-state index in [4.69, 9.17) is 14.2 Å². The second-order valence-electron chi connectivity index (χ2n) is 5.84. The lowest BCUT2D eigenvalue weighted by Gasteiger charge is -2.36. The Kier molecular flexibility index (Phi) is 3.85. The molecule has 7 heteroatoms. The van der Waals surface area contributed by atoms with Gasteiger partial charge in [0.2, 0.25) is 5.78 Å². The molecule has 0 spiro atoms. The van der Waals surface area contributed by atoms with Crippen LogP contribution in [0.2, 0.25) is 0 Å². The van der Waals surface area contributed by atoms with Crippen LogP contribution < -0.4 is 0 Å². The van der Waals surface area contributed by atoms with Gasteiger partial charge in [-0.25, -0.2) is 0 Å². The zero-order valence-corrected chi connectivity index (χ0v) is 13.6. The SMILES string of the molecule is CCOC1(C)Cc2c(O)c3c(c(O)c2CO1)C(=O)C=C(OC)C3=O. The van der Waals surface area contributed by atoms with Crippen LogP contribution in [0.15, 0.2) is 11.8 Å². The van der Waals surface area contributed by atoms with Crippen molar-refractivity contribution in [2.45, 2.75) is 32.7 Å². The normalized spacial score (nSPS) is 22.7. The average molecular weight is 334 g/mol. The summed E-state index contributed by atoms with van der Waals surface area (Å²) >= 11 is 0. The number of carbonyl (C=O) groups excluding carboxylic acids is 2. The molecule has 0 amide bonds. The number of Topliss-reactive ketones (excluding diaryl/α,β-unsaturated/α-hetero) is 1. The van der Waals surface area contributed by atoms with Gasteiger partial charge in [0, 0.05) is 30.2 Å². The van der Waals surface area contributed by atoms with Crippen LogP contribution >= 0.6 is 0 Å². The van der Waals surface area contributed by atoms with Crippen molar-refractivity contribution in [3.8, 4) is 11.5 Å². The first kappa shape index (κ1) is 16.5. The number of ether oxygens (including phenoxy) is 3. The Bertz CT molecular complexity index is 778. The standard InChI is InChI=1S/C17H18O7/c1-4-23-17(2)6-8-9(7-24-17)15(20)12-10(18)5-11(22-3)16(21)13(12)14(8)19/h5,19-20H,4,6-7H2,1-3H3. The third-order valence-electron chi connectivity index (χ3n) is 4.31. The highest BCUT2D eigenvalue weighted by Crippen LogP contribution is 2.45. The molecule has 1 aliphatic heterocycles. The molecule has 3 rings (SSSR count). The van der Waals surface area contributed by atoms with Crippen molar-refractivity contribution < 1.29 is 34.0 Å². The molecule has 2 aliphatic rings. The summed E-state index contributed by atoms with van der Waals surface area (Å²) < 4.78 is 16.1. The van der Waals surface area contributed by atoms with Gasteiger partial charge in [-0.3, -0.25) is 9.59 Å². The summed E-state index contributed by atoms with van der Waals surface area (Å²) in [6, 6.07) is 0. The molecule has 0 fully saturated rings. The first-order valence-corrected chi connectivity index (χ1v) is 7.55. The number of ketones is 2. The van der Waals surface area contributed by atoms with Gasteiger partial charge < -0.3 is 24.4 Å². The van der Waals surface area contributed by atoms with Gasteiger partial charge in [-0.1, -0.05) is 0 Å². The molecule has 0 saturated carbocycles. The molecule has 0 radical (unpaired) electrons. The lowest BCUT2D eigenvalue weighted by Crippen LogP contribution is -2.38. The van der Waals surface area contributed by atoms with Crippen molar-refractivity contribution in [1.29, 1.82) is 0 Å². The van der Waals surface area contributed by atoms with Crippen LogP contribution in [0.4, 0.5) is 0 Å². The molecule has 0 bridgehead atoms. The Morgan fingerprint density at radius 3 is 2.50 bits per heavy atom. The first-order chi connectivity index (χ1) is 11.3. The van der Waals surface area contributed by atoms with Crippen LogP contribution in [0.25, 0.3) is 0 Å². The molecule has 1 unspecified atom stereocenters. The second kappa shape index (κ2) is 5.61. The third-order valence-corrected chi connectivity index (χ3v) is 4.31. The minimum atomic E-state index is -0.985. The highest BCUT2D eigenvalue weighted by Gasteiger charge is 2.41. The van der Waals surface area contributed by atoms with Gasteiger partial charge in [0.1, 0.15) is 11.5 Å². The van der Waals surface area contributed by atoms with Crippen molar-refractivity contribution in [2.75, 3.05) is 13.7 Å². The zero-order chi connectivity index (χ0) is 17.6. The van der Waals surface area contributed by atoms with E-state index in [2.05, 4.69) is 0 Å². The maximum atomic E-state index is 12.5. The molecule has 1 aromatic rings. The Balaban J connectivity index is 2.21. The molecule has 1 heterocycles. The van der Waals surface area contributed by atoms with Gasteiger partial charge in [0.25, 0.3) is 0 Å². The van der Waals surface area contributed by atoms with Crippen LogP contribution in [0.1, 0.15) is 45.7 Å². The minimum absolute atomic E-state index is 0.0408. The number of methoxy groups -OCH3 is 1. The number of aromatic hydroxyl groups is 2. The van der Waals surface area contributed by atoms with Gasteiger partial charge in [0.15, 0.2) is 17.3 Å². The van der Waals surface area contributed by atoms with Crippen LogP contribution in [-0.2, 0) is 27.2 Å². The summed E-state index contributed by atoms with van der Waals surface area (Å²) in [6.45, 7) is 3.88. The minimum Gasteiger partial charge on any atom is -0.507 e. The quantitative estimate of drug-likeness (QED) is 0.813. The molecule has 0 aromatic heterocycles. The number of benzene rings is 1.